The summed E-state index contributed by atoms with van der Waals surface area (Å²) in [5.74, 6) is 1.08. The normalized spacial score (nSPS) is 15.0. The topological polar surface area (TPSA) is 47.9 Å². The molecule has 2 atom stereocenters. The molecule has 25 heavy (non-hydrogen) atoms. The van der Waals surface area contributed by atoms with Crippen LogP contribution in [0, 0.1) is 5.92 Å². The Kier molecular flexibility index (Phi) is 8.61. The van der Waals surface area contributed by atoms with E-state index in [1.165, 1.54) is 0 Å². The molecule has 0 aliphatic carbocycles. The molecule has 0 aliphatic heterocycles. The summed E-state index contributed by atoms with van der Waals surface area (Å²) in [6, 6.07) is 7.88. The number of aliphatic hydroxyl groups excluding tert-OH is 1. The van der Waals surface area contributed by atoms with Crippen LogP contribution in [0.4, 0.5) is 0 Å². The van der Waals surface area contributed by atoms with E-state index in [0.717, 1.165) is 11.3 Å². The Morgan fingerprint density at radius 2 is 1.72 bits per heavy atom. The van der Waals surface area contributed by atoms with Crippen LogP contribution in [0.15, 0.2) is 24.3 Å². The van der Waals surface area contributed by atoms with Crippen molar-refractivity contribution in [3.63, 3.8) is 0 Å². The van der Waals surface area contributed by atoms with Crippen LogP contribution in [0.3, 0.4) is 0 Å². The Morgan fingerprint density at radius 3 is 2.20 bits per heavy atom. The number of rotatable bonds is 10. The van der Waals surface area contributed by atoms with Gasteiger partial charge in [0.15, 0.2) is 8.32 Å². The van der Waals surface area contributed by atoms with Crippen LogP contribution >= 0.6 is 0 Å². The maximum atomic E-state index is 9.38. The lowest BCUT2D eigenvalue weighted by Gasteiger charge is -2.37. The van der Waals surface area contributed by atoms with Crippen molar-refractivity contribution in [1.29, 1.82) is 0 Å². The van der Waals surface area contributed by atoms with Crippen molar-refractivity contribution >= 4 is 8.32 Å². The van der Waals surface area contributed by atoms with Gasteiger partial charge >= 0.3 is 0 Å². The van der Waals surface area contributed by atoms with Crippen LogP contribution < -0.4 is 4.74 Å². The molecule has 0 aliphatic rings. The molecule has 1 rings (SSSR count). The number of methoxy groups -OCH3 is 1. The van der Waals surface area contributed by atoms with Gasteiger partial charge < -0.3 is 19.0 Å². The minimum absolute atomic E-state index is 0.0168. The van der Waals surface area contributed by atoms with E-state index >= 15 is 0 Å². The molecule has 144 valence electrons. The van der Waals surface area contributed by atoms with Crippen LogP contribution in [-0.2, 0) is 15.8 Å². The molecule has 0 unspecified atom stereocenters. The highest BCUT2D eigenvalue weighted by Gasteiger charge is 2.37. The molecule has 5 heteroatoms. The van der Waals surface area contributed by atoms with Gasteiger partial charge in [0.05, 0.1) is 19.8 Å². The van der Waals surface area contributed by atoms with E-state index in [1.54, 1.807) is 7.11 Å². The van der Waals surface area contributed by atoms with Gasteiger partial charge in [0.1, 0.15) is 5.75 Å². The molecule has 0 saturated heterocycles. The van der Waals surface area contributed by atoms with E-state index < -0.39 is 8.32 Å². The highest BCUT2D eigenvalue weighted by Crippen LogP contribution is 2.37. The van der Waals surface area contributed by atoms with Crippen LogP contribution in [0.5, 0.6) is 5.75 Å². The molecule has 0 bridgehead atoms. The maximum absolute atomic E-state index is 9.38. The van der Waals surface area contributed by atoms with Crippen molar-refractivity contribution in [2.45, 2.75) is 65.0 Å². The monoisotopic (exact) mass is 368 g/mol. The SMILES string of the molecule is COc1ccc(CO[C@H](CCO)[C@@H](C)CO[Si](C)(C)C(C)(C)C)cc1. The Hall–Kier alpha value is -0.883. The van der Waals surface area contributed by atoms with Crippen molar-refractivity contribution in [3.8, 4) is 5.75 Å². The first-order valence-electron chi connectivity index (χ1n) is 9.10. The van der Waals surface area contributed by atoms with Gasteiger partial charge in [-0.25, -0.2) is 0 Å². The van der Waals surface area contributed by atoms with Gasteiger partial charge in [0.25, 0.3) is 0 Å². The predicted octanol–water partition coefficient (Wildman–Crippen LogP) is 4.62. The molecular formula is C20H36O4Si. The van der Waals surface area contributed by atoms with Crippen LogP contribution in [-0.4, -0.2) is 39.9 Å². The third-order valence-electron chi connectivity index (χ3n) is 5.18. The summed E-state index contributed by atoms with van der Waals surface area (Å²) in [6.07, 6.45) is 0.606. The average Bonchev–Trinajstić information content (AvgIpc) is 2.56. The third-order valence-corrected chi connectivity index (χ3v) is 9.69. The molecule has 0 radical (unpaired) electrons. The standard InChI is InChI=1S/C20H36O4Si/c1-16(14-24-25(6,7)20(2,3)4)19(12-13-21)23-15-17-8-10-18(22-5)11-9-17/h8-11,16,19,21H,12-15H2,1-7H3/t16-,19+/m0/s1. The lowest BCUT2D eigenvalue weighted by Crippen LogP contribution is -2.43. The summed E-state index contributed by atoms with van der Waals surface area (Å²) in [5.41, 5.74) is 1.10. The molecule has 0 heterocycles. The molecular weight excluding hydrogens is 332 g/mol. The molecule has 1 aromatic carbocycles. The Bertz CT molecular complexity index is 493. The summed E-state index contributed by atoms with van der Waals surface area (Å²) in [5, 5.41) is 9.58. The van der Waals surface area contributed by atoms with E-state index in [2.05, 4.69) is 40.8 Å². The first-order valence-corrected chi connectivity index (χ1v) is 12.0. The zero-order valence-electron chi connectivity index (χ0n) is 17.0. The molecule has 0 aromatic heterocycles. The first-order chi connectivity index (χ1) is 11.6. The third kappa shape index (κ3) is 7.10. The van der Waals surface area contributed by atoms with E-state index in [1.807, 2.05) is 24.3 Å². The average molecular weight is 369 g/mol. The highest BCUT2D eigenvalue weighted by molar-refractivity contribution is 6.74. The van der Waals surface area contributed by atoms with E-state index in [9.17, 15) is 5.11 Å². The molecule has 0 saturated carbocycles. The summed E-state index contributed by atoms with van der Waals surface area (Å²) in [4.78, 5) is 0. The lowest BCUT2D eigenvalue weighted by atomic mass is 10.0. The number of hydrogen-bond donors (Lipinski definition) is 1. The molecule has 4 nitrogen and oxygen atoms in total. The van der Waals surface area contributed by atoms with Gasteiger partial charge in [0.2, 0.25) is 0 Å². The molecule has 1 N–H and O–H groups in total. The number of hydrogen-bond acceptors (Lipinski definition) is 4. The van der Waals surface area contributed by atoms with Gasteiger partial charge in [-0.1, -0.05) is 39.8 Å². The van der Waals surface area contributed by atoms with Crippen molar-refractivity contribution in [2.24, 2.45) is 5.92 Å². The molecule has 0 fully saturated rings. The minimum Gasteiger partial charge on any atom is -0.497 e. The maximum Gasteiger partial charge on any atom is 0.191 e. The van der Waals surface area contributed by atoms with E-state index in [-0.39, 0.29) is 23.7 Å². The Labute approximate surface area is 154 Å². The van der Waals surface area contributed by atoms with Gasteiger partial charge in [-0.15, -0.1) is 0 Å². The van der Waals surface area contributed by atoms with Gasteiger partial charge in [0, 0.05) is 19.1 Å². The zero-order chi connectivity index (χ0) is 19.1. The van der Waals surface area contributed by atoms with E-state index in [4.69, 9.17) is 13.9 Å². The van der Waals surface area contributed by atoms with Crippen molar-refractivity contribution < 1.29 is 19.0 Å². The second-order valence-electron chi connectivity index (χ2n) is 8.26. The number of aliphatic hydroxyl groups is 1. The summed E-state index contributed by atoms with van der Waals surface area (Å²) >= 11 is 0. The van der Waals surface area contributed by atoms with Crippen LogP contribution in [0.2, 0.25) is 18.1 Å². The summed E-state index contributed by atoms with van der Waals surface area (Å²) in [6.45, 7) is 14.7. The minimum atomic E-state index is -1.77. The smallest absolute Gasteiger partial charge is 0.191 e. The van der Waals surface area contributed by atoms with Gasteiger partial charge in [-0.05, 0) is 42.2 Å². The first kappa shape index (κ1) is 22.2. The van der Waals surface area contributed by atoms with Crippen LogP contribution in [0.1, 0.15) is 39.7 Å². The number of ether oxygens (including phenoxy) is 2. The molecule has 0 spiro atoms. The predicted molar refractivity (Wildman–Crippen MR) is 106 cm³/mol. The second-order valence-corrected chi connectivity index (χ2v) is 13.1. The fourth-order valence-corrected chi connectivity index (χ4v) is 3.36. The Morgan fingerprint density at radius 1 is 1.12 bits per heavy atom. The fourth-order valence-electron chi connectivity index (χ4n) is 2.25. The lowest BCUT2D eigenvalue weighted by molar-refractivity contribution is -0.0215. The Balaban J connectivity index is 2.59. The zero-order valence-corrected chi connectivity index (χ0v) is 18.0. The summed E-state index contributed by atoms with van der Waals surface area (Å²) < 4.78 is 17.6. The quantitative estimate of drug-likeness (QED) is 0.612. The summed E-state index contributed by atoms with van der Waals surface area (Å²) in [7, 11) is -0.106. The van der Waals surface area contributed by atoms with Crippen LogP contribution in [0.25, 0.3) is 0 Å². The highest BCUT2D eigenvalue weighted by atomic mass is 28.4. The van der Waals surface area contributed by atoms with Crippen molar-refractivity contribution in [3.05, 3.63) is 29.8 Å². The van der Waals surface area contributed by atoms with Crippen molar-refractivity contribution in [1.82, 2.24) is 0 Å². The molecule has 0 amide bonds. The van der Waals surface area contributed by atoms with Crippen molar-refractivity contribution in [2.75, 3.05) is 20.3 Å². The molecule has 1 aromatic rings. The van der Waals surface area contributed by atoms with Gasteiger partial charge in [-0.3, -0.25) is 0 Å². The van der Waals surface area contributed by atoms with E-state index in [0.29, 0.717) is 19.6 Å². The largest absolute Gasteiger partial charge is 0.497 e. The fraction of sp³-hybridized carbons (Fsp3) is 0.700. The number of benzene rings is 1. The second kappa shape index (κ2) is 9.71. The van der Waals surface area contributed by atoms with Gasteiger partial charge in [-0.2, -0.15) is 0 Å².